The summed E-state index contributed by atoms with van der Waals surface area (Å²) in [6.45, 7) is 2.60. The lowest BCUT2D eigenvalue weighted by Gasteiger charge is -2.26. The van der Waals surface area contributed by atoms with Crippen molar-refractivity contribution in [1.29, 1.82) is 0 Å². The molecule has 1 amide bonds. The van der Waals surface area contributed by atoms with Crippen LogP contribution >= 0.6 is 0 Å². The maximum Gasteiger partial charge on any atom is 0.279 e. The molecule has 2 heterocycles. The van der Waals surface area contributed by atoms with Crippen LogP contribution in [0.25, 0.3) is 0 Å². The van der Waals surface area contributed by atoms with Gasteiger partial charge in [0.05, 0.1) is 13.2 Å². The van der Waals surface area contributed by atoms with Gasteiger partial charge in [0.2, 0.25) is 5.91 Å². The number of hydrogen-bond acceptors (Lipinski definition) is 4. The van der Waals surface area contributed by atoms with Crippen molar-refractivity contribution in [3.63, 3.8) is 0 Å². The Balaban J connectivity index is 1.51. The number of carbonyl (C=O) groups excluding carboxylic acids is 1. The highest BCUT2D eigenvalue weighted by atomic mass is 32.2. The Morgan fingerprint density at radius 3 is 2.56 bits per heavy atom. The molecule has 0 bridgehead atoms. The molecule has 138 valence electrons. The topological polar surface area (TPSA) is 79.0 Å². The fraction of sp³-hybridized carbons (Fsp3) is 0.562. The average molecular weight is 371 g/mol. The summed E-state index contributed by atoms with van der Waals surface area (Å²) >= 11 is 0. The summed E-state index contributed by atoms with van der Waals surface area (Å²) in [5.41, 5.74) is 0.851. The summed E-state index contributed by atoms with van der Waals surface area (Å²) in [6.07, 6.45) is 0.312. The standard InChI is InChI=1S/C16H22FN3O4S/c17-15-3-1-13(2-4-15)11-19-12-14(9-16(19)21)10-18-25(22,23)20-5-7-24-8-6-20/h1-4,14,18H,5-12H2. The fourth-order valence-corrected chi connectivity index (χ4v) is 4.31. The minimum Gasteiger partial charge on any atom is -0.379 e. The number of amides is 1. The maximum absolute atomic E-state index is 12.9. The summed E-state index contributed by atoms with van der Waals surface area (Å²) in [5.74, 6) is -0.393. The van der Waals surface area contributed by atoms with Crippen LogP contribution in [0.4, 0.5) is 4.39 Å². The van der Waals surface area contributed by atoms with Crippen LogP contribution in [0.2, 0.25) is 0 Å². The molecule has 1 aromatic rings. The van der Waals surface area contributed by atoms with Crippen LogP contribution in [0, 0.1) is 11.7 Å². The Morgan fingerprint density at radius 2 is 1.88 bits per heavy atom. The van der Waals surface area contributed by atoms with Gasteiger partial charge >= 0.3 is 0 Å². The number of rotatable bonds is 6. The zero-order valence-corrected chi connectivity index (χ0v) is 14.7. The van der Waals surface area contributed by atoms with E-state index in [1.54, 1.807) is 17.0 Å². The molecule has 2 aliphatic rings. The van der Waals surface area contributed by atoms with Gasteiger partial charge in [-0.15, -0.1) is 0 Å². The molecule has 25 heavy (non-hydrogen) atoms. The van der Waals surface area contributed by atoms with Crippen LogP contribution in [0.3, 0.4) is 0 Å². The number of likely N-dealkylation sites (tertiary alicyclic amines) is 1. The van der Waals surface area contributed by atoms with Crippen molar-refractivity contribution in [3.05, 3.63) is 35.6 Å². The van der Waals surface area contributed by atoms with Crippen molar-refractivity contribution in [2.24, 2.45) is 5.92 Å². The van der Waals surface area contributed by atoms with Crippen LogP contribution in [0.5, 0.6) is 0 Å². The van der Waals surface area contributed by atoms with Crippen molar-refractivity contribution >= 4 is 16.1 Å². The first-order chi connectivity index (χ1) is 11.9. The number of carbonyl (C=O) groups is 1. The molecular formula is C16H22FN3O4S. The van der Waals surface area contributed by atoms with E-state index in [4.69, 9.17) is 4.74 Å². The highest BCUT2D eigenvalue weighted by Gasteiger charge is 2.31. The number of benzene rings is 1. The minimum absolute atomic E-state index is 0.0140. The largest absolute Gasteiger partial charge is 0.379 e. The smallest absolute Gasteiger partial charge is 0.279 e. The highest BCUT2D eigenvalue weighted by Crippen LogP contribution is 2.20. The van der Waals surface area contributed by atoms with Gasteiger partial charge in [0.15, 0.2) is 0 Å². The van der Waals surface area contributed by atoms with Crippen molar-refractivity contribution in [2.75, 3.05) is 39.4 Å². The highest BCUT2D eigenvalue weighted by molar-refractivity contribution is 7.87. The molecule has 1 aromatic carbocycles. The number of morpholine rings is 1. The molecule has 2 fully saturated rings. The molecule has 1 atom stereocenters. The fourth-order valence-electron chi connectivity index (χ4n) is 3.06. The van der Waals surface area contributed by atoms with Gasteiger partial charge in [0.25, 0.3) is 10.2 Å². The van der Waals surface area contributed by atoms with E-state index in [9.17, 15) is 17.6 Å². The van der Waals surface area contributed by atoms with Crippen LogP contribution in [-0.2, 0) is 26.3 Å². The molecule has 1 N–H and O–H groups in total. The second kappa shape index (κ2) is 7.77. The maximum atomic E-state index is 12.9. The van der Waals surface area contributed by atoms with E-state index in [1.165, 1.54) is 16.4 Å². The van der Waals surface area contributed by atoms with Crippen molar-refractivity contribution < 1.29 is 22.3 Å². The molecule has 2 aliphatic heterocycles. The SMILES string of the molecule is O=C1CC(CNS(=O)(=O)N2CCOCC2)CN1Cc1ccc(F)cc1. The summed E-state index contributed by atoms with van der Waals surface area (Å²) in [6, 6.07) is 6.03. The van der Waals surface area contributed by atoms with E-state index in [0.29, 0.717) is 45.8 Å². The van der Waals surface area contributed by atoms with Crippen LogP contribution in [0.1, 0.15) is 12.0 Å². The lowest BCUT2D eigenvalue weighted by atomic mass is 10.1. The number of nitrogens with one attached hydrogen (secondary N) is 1. The molecule has 0 saturated carbocycles. The lowest BCUT2D eigenvalue weighted by molar-refractivity contribution is -0.128. The molecule has 9 heteroatoms. The third-order valence-corrected chi connectivity index (χ3v) is 6.02. The molecule has 3 rings (SSSR count). The molecule has 0 spiro atoms. The summed E-state index contributed by atoms with van der Waals surface area (Å²) in [7, 11) is -3.54. The van der Waals surface area contributed by atoms with E-state index < -0.39 is 10.2 Å². The molecule has 0 aliphatic carbocycles. The van der Waals surface area contributed by atoms with E-state index in [-0.39, 0.29) is 24.2 Å². The normalized spacial score (nSPS) is 22.5. The first-order valence-corrected chi connectivity index (χ1v) is 9.73. The lowest BCUT2D eigenvalue weighted by Crippen LogP contribution is -2.47. The number of hydrogen-bond donors (Lipinski definition) is 1. The quantitative estimate of drug-likeness (QED) is 0.782. The number of nitrogens with zero attached hydrogens (tertiary/aromatic N) is 2. The van der Waals surface area contributed by atoms with E-state index in [2.05, 4.69) is 4.72 Å². The van der Waals surface area contributed by atoms with E-state index in [0.717, 1.165) is 5.56 Å². The third-order valence-electron chi connectivity index (χ3n) is 4.45. The van der Waals surface area contributed by atoms with Crippen LogP contribution in [-0.4, -0.2) is 62.9 Å². The third kappa shape index (κ3) is 4.75. The molecule has 0 aromatic heterocycles. The Labute approximate surface area is 146 Å². The van der Waals surface area contributed by atoms with Crippen LogP contribution < -0.4 is 4.72 Å². The molecule has 0 radical (unpaired) electrons. The Morgan fingerprint density at radius 1 is 1.20 bits per heavy atom. The summed E-state index contributed by atoms with van der Waals surface area (Å²) in [4.78, 5) is 13.8. The first kappa shape index (κ1) is 18.2. The molecular weight excluding hydrogens is 349 g/mol. The first-order valence-electron chi connectivity index (χ1n) is 8.29. The van der Waals surface area contributed by atoms with Crippen molar-refractivity contribution in [1.82, 2.24) is 13.9 Å². The average Bonchev–Trinajstić information content (AvgIpc) is 2.96. The summed E-state index contributed by atoms with van der Waals surface area (Å²) < 4.78 is 46.6. The second-order valence-electron chi connectivity index (χ2n) is 6.34. The van der Waals surface area contributed by atoms with Gasteiger partial charge in [-0.05, 0) is 23.6 Å². The van der Waals surface area contributed by atoms with Gasteiger partial charge in [-0.1, -0.05) is 12.1 Å². The predicted molar refractivity (Wildman–Crippen MR) is 89.2 cm³/mol. The molecule has 1 unspecified atom stereocenters. The Kier molecular flexibility index (Phi) is 5.67. The molecule has 7 nitrogen and oxygen atoms in total. The Hall–Kier alpha value is -1.55. The van der Waals surface area contributed by atoms with Gasteiger partial charge in [0, 0.05) is 39.1 Å². The number of halogens is 1. The van der Waals surface area contributed by atoms with Crippen molar-refractivity contribution in [3.8, 4) is 0 Å². The van der Waals surface area contributed by atoms with Gasteiger partial charge < -0.3 is 9.64 Å². The zero-order valence-electron chi connectivity index (χ0n) is 13.9. The monoisotopic (exact) mass is 371 g/mol. The van der Waals surface area contributed by atoms with E-state index in [1.807, 2.05) is 0 Å². The van der Waals surface area contributed by atoms with Gasteiger partial charge in [-0.2, -0.15) is 12.7 Å². The van der Waals surface area contributed by atoms with Gasteiger partial charge in [-0.3, -0.25) is 4.79 Å². The van der Waals surface area contributed by atoms with E-state index >= 15 is 0 Å². The Bertz CT molecular complexity index is 705. The molecule has 2 saturated heterocycles. The van der Waals surface area contributed by atoms with Crippen LogP contribution in [0.15, 0.2) is 24.3 Å². The zero-order chi connectivity index (χ0) is 17.9. The van der Waals surface area contributed by atoms with Gasteiger partial charge in [0.1, 0.15) is 5.82 Å². The number of ether oxygens (including phenoxy) is 1. The summed E-state index contributed by atoms with van der Waals surface area (Å²) in [5, 5.41) is 0. The minimum atomic E-state index is -3.54. The van der Waals surface area contributed by atoms with Gasteiger partial charge in [-0.25, -0.2) is 9.11 Å². The second-order valence-corrected chi connectivity index (χ2v) is 8.09. The van der Waals surface area contributed by atoms with Crippen molar-refractivity contribution in [2.45, 2.75) is 13.0 Å². The predicted octanol–water partition coefficient (Wildman–Crippen LogP) is 0.341.